The van der Waals surface area contributed by atoms with Crippen molar-refractivity contribution in [1.29, 1.82) is 0 Å². The molecule has 2 aliphatic heterocycles. The van der Waals surface area contributed by atoms with Gasteiger partial charge in [-0.25, -0.2) is 18.7 Å². The van der Waals surface area contributed by atoms with Crippen LogP contribution in [0.5, 0.6) is 0 Å². The molecule has 2 N–H and O–H groups in total. The van der Waals surface area contributed by atoms with Gasteiger partial charge in [-0.15, -0.1) is 0 Å². The standard InChI is InChI=1S/C24H29F2N7O/c1-14(2)22-16-8-21(28-9-17(16)18(10-29-22)33-11-15(25)12-33)30-20-4-6-27-23(31-20)32-7-5-19(34)24(3,26)13-32/h4,6,8-10,14-15,19,34H,5,7,11-13H2,1-3H3,(H,27,28,30,31)/t19-,24+/m1/s1. The van der Waals surface area contributed by atoms with Crippen LogP contribution >= 0.6 is 0 Å². The number of hydrogen-bond acceptors (Lipinski definition) is 8. The Bertz CT molecular complexity index is 1200. The number of aromatic nitrogens is 4. The van der Waals surface area contributed by atoms with E-state index >= 15 is 0 Å². The number of piperidine rings is 1. The van der Waals surface area contributed by atoms with Crippen molar-refractivity contribution in [3.63, 3.8) is 0 Å². The summed E-state index contributed by atoms with van der Waals surface area (Å²) in [4.78, 5) is 21.8. The van der Waals surface area contributed by atoms with E-state index < -0.39 is 17.9 Å². The third-order valence-corrected chi connectivity index (χ3v) is 6.56. The number of nitrogens with one attached hydrogen (secondary N) is 1. The summed E-state index contributed by atoms with van der Waals surface area (Å²) < 4.78 is 28.1. The van der Waals surface area contributed by atoms with Gasteiger partial charge < -0.3 is 20.2 Å². The van der Waals surface area contributed by atoms with Crippen LogP contribution in [0.3, 0.4) is 0 Å². The van der Waals surface area contributed by atoms with E-state index in [-0.39, 0.29) is 12.5 Å². The molecule has 34 heavy (non-hydrogen) atoms. The van der Waals surface area contributed by atoms with Crippen LogP contribution in [0.2, 0.25) is 0 Å². The van der Waals surface area contributed by atoms with Crippen LogP contribution in [0.1, 0.15) is 38.8 Å². The molecule has 2 fully saturated rings. The van der Waals surface area contributed by atoms with Crippen molar-refractivity contribution in [1.82, 2.24) is 19.9 Å². The maximum Gasteiger partial charge on any atom is 0.227 e. The highest BCUT2D eigenvalue weighted by atomic mass is 19.1. The molecule has 8 nitrogen and oxygen atoms in total. The number of aliphatic hydroxyl groups is 1. The second-order valence-corrected chi connectivity index (χ2v) is 9.67. The maximum absolute atomic E-state index is 14.6. The lowest BCUT2D eigenvalue weighted by atomic mass is 9.94. The molecule has 2 aliphatic rings. The topological polar surface area (TPSA) is 90.3 Å². The summed E-state index contributed by atoms with van der Waals surface area (Å²) in [6.07, 6.45) is 3.72. The molecular weight excluding hydrogens is 440 g/mol. The van der Waals surface area contributed by atoms with Crippen LogP contribution in [0.15, 0.2) is 30.7 Å². The third-order valence-electron chi connectivity index (χ3n) is 6.56. The molecule has 5 heterocycles. The summed E-state index contributed by atoms with van der Waals surface area (Å²) in [5.41, 5.74) is 0.110. The van der Waals surface area contributed by atoms with Gasteiger partial charge in [0.25, 0.3) is 0 Å². The number of alkyl halides is 2. The fourth-order valence-electron chi connectivity index (χ4n) is 4.55. The number of aliphatic hydroxyl groups excluding tert-OH is 1. The zero-order chi connectivity index (χ0) is 24.0. The first-order chi connectivity index (χ1) is 16.2. The van der Waals surface area contributed by atoms with Crippen molar-refractivity contribution >= 4 is 34.0 Å². The normalized spacial score (nSPS) is 23.4. The number of rotatable bonds is 5. The number of anilines is 4. The van der Waals surface area contributed by atoms with Crippen LogP contribution in [0, 0.1) is 0 Å². The first-order valence-electron chi connectivity index (χ1n) is 11.6. The predicted octanol–water partition coefficient (Wildman–Crippen LogP) is 3.74. The molecular formula is C24H29F2N7O. The van der Waals surface area contributed by atoms with Crippen LogP contribution in [-0.2, 0) is 0 Å². The Morgan fingerprint density at radius 3 is 2.62 bits per heavy atom. The zero-order valence-corrected chi connectivity index (χ0v) is 19.5. The van der Waals surface area contributed by atoms with Gasteiger partial charge in [0, 0.05) is 29.7 Å². The summed E-state index contributed by atoms with van der Waals surface area (Å²) in [6.45, 7) is 6.80. The van der Waals surface area contributed by atoms with E-state index in [9.17, 15) is 13.9 Å². The lowest BCUT2D eigenvalue weighted by Crippen LogP contribution is -2.52. The SMILES string of the molecule is CC(C)c1ncc(N2CC(F)C2)c2cnc(Nc3ccnc(N4CC[C@@H](O)[C@@](C)(F)C4)n3)cc12. The van der Waals surface area contributed by atoms with Crippen molar-refractivity contribution in [3.8, 4) is 0 Å². The highest BCUT2D eigenvalue weighted by molar-refractivity contribution is 5.96. The predicted molar refractivity (Wildman–Crippen MR) is 128 cm³/mol. The molecule has 0 amide bonds. The van der Waals surface area contributed by atoms with Gasteiger partial charge in [-0.05, 0) is 31.4 Å². The number of pyridine rings is 2. The third kappa shape index (κ3) is 4.22. The summed E-state index contributed by atoms with van der Waals surface area (Å²) in [5, 5.41) is 15.0. The average Bonchev–Trinajstić information content (AvgIpc) is 2.78. The van der Waals surface area contributed by atoms with Crippen molar-refractivity contribution < 1.29 is 13.9 Å². The number of fused-ring (bicyclic) bond motifs is 1. The van der Waals surface area contributed by atoms with E-state index in [1.165, 1.54) is 6.92 Å². The molecule has 0 spiro atoms. The Hall–Kier alpha value is -3.14. The Kier molecular flexibility index (Phi) is 5.71. The van der Waals surface area contributed by atoms with Crippen molar-refractivity contribution in [2.24, 2.45) is 0 Å². The highest BCUT2D eigenvalue weighted by Gasteiger charge is 2.39. The van der Waals surface area contributed by atoms with Crippen molar-refractivity contribution in [2.75, 3.05) is 41.3 Å². The molecule has 180 valence electrons. The molecule has 0 aromatic carbocycles. The summed E-state index contributed by atoms with van der Waals surface area (Å²) in [7, 11) is 0. The lowest BCUT2D eigenvalue weighted by Gasteiger charge is -2.38. The molecule has 0 saturated carbocycles. The van der Waals surface area contributed by atoms with Gasteiger partial charge in [0.15, 0.2) is 5.67 Å². The van der Waals surface area contributed by atoms with E-state index in [1.807, 2.05) is 17.2 Å². The molecule has 3 aromatic rings. The Morgan fingerprint density at radius 1 is 1.12 bits per heavy atom. The minimum absolute atomic E-state index is 0.0221. The van der Waals surface area contributed by atoms with Crippen LogP contribution < -0.4 is 15.1 Å². The van der Waals surface area contributed by atoms with Crippen LogP contribution in [-0.4, -0.2) is 69.2 Å². The lowest BCUT2D eigenvalue weighted by molar-refractivity contribution is -0.00860. The van der Waals surface area contributed by atoms with E-state index in [4.69, 9.17) is 0 Å². The molecule has 10 heteroatoms. The molecule has 3 aromatic heterocycles. The van der Waals surface area contributed by atoms with Gasteiger partial charge in [-0.3, -0.25) is 4.98 Å². The Balaban J connectivity index is 1.43. The van der Waals surface area contributed by atoms with Crippen LogP contribution in [0.25, 0.3) is 10.8 Å². The second-order valence-electron chi connectivity index (χ2n) is 9.67. The minimum atomic E-state index is -1.72. The number of hydrogen-bond donors (Lipinski definition) is 2. The zero-order valence-electron chi connectivity index (χ0n) is 19.5. The Labute approximate surface area is 197 Å². The highest BCUT2D eigenvalue weighted by Crippen LogP contribution is 2.35. The van der Waals surface area contributed by atoms with Gasteiger partial charge in [0.2, 0.25) is 5.95 Å². The largest absolute Gasteiger partial charge is 0.390 e. The quantitative estimate of drug-likeness (QED) is 0.584. The summed E-state index contributed by atoms with van der Waals surface area (Å²) in [5.74, 6) is 1.72. The van der Waals surface area contributed by atoms with E-state index in [0.717, 1.165) is 22.2 Å². The van der Waals surface area contributed by atoms with Crippen molar-refractivity contribution in [2.45, 2.75) is 51.1 Å². The first-order valence-corrected chi connectivity index (χ1v) is 11.6. The van der Waals surface area contributed by atoms with Crippen LogP contribution in [0.4, 0.5) is 32.1 Å². The monoisotopic (exact) mass is 469 g/mol. The van der Waals surface area contributed by atoms with E-state index in [1.54, 1.807) is 23.4 Å². The van der Waals surface area contributed by atoms with Gasteiger partial charge in [0.1, 0.15) is 17.8 Å². The summed E-state index contributed by atoms with van der Waals surface area (Å²) >= 11 is 0. The van der Waals surface area contributed by atoms with Gasteiger partial charge in [-0.2, -0.15) is 4.98 Å². The smallest absolute Gasteiger partial charge is 0.227 e. The first kappa shape index (κ1) is 22.6. The second kappa shape index (κ2) is 8.57. The van der Waals surface area contributed by atoms with E-state index in [2.05, 4.69) is 39.1 Å². The molecule has 5 rings (SSSR count). The van der Waals surface area contributed by atoms with Gasteiger partial charge in [0.05, 0.1) is 43.3 Å². The molecule has 0 unspecified atom stereocenters. The summed E-state index contributed by atoms with van der Waals surface area (Å²) in [6, 6.07) is 3.66. The molecule has 0 aliphatic carbocycles. The molecule has 0 bridgehead atoms. The fraction of sp³-hybridized carbons (Fsp3) is 0.500. The molecule has 2 atom stereocenters. The number of halogens is 2. The maximum atomic E-state index is 14.6. The van der Waals surface area contributed by atoms with Crippen molar-refractivity contribution in [3.05, 3.63) is 36.4 Å². The molecule has 2 saturated heterocycles. The van der Waals surface area contributed by atoms with Gasteiger partial charge in [-0.1, -0.05) is 13.8 Å². The minimum Gasteiger partial charge on any atom is -0.390 e. The van der Waals surface area contributed by atoms with E-state index in [0.29, 0.717) is 43.6 Å². The Morgan fingerprint density at radius 2 is 1.91 bits per heavy atom. The average molecular weight is 470 g/mol. The fourth-order valence-corrected chi connectivity index (χ4v) is 4.55. The van der Waals surface area contributed by atoms with Gasteiger partial charge >= 0.3 is 0 Å². The number of nitrogens with zero attached hydrogens (tertiary/aromatic N) is 6. The molecule has 0 radical (unpaired) electrons.